The van der Waals surface area contributed by atoms with Crippen LogP contribution in [0.4, 0.5) is 18.9 Å². The molecule has 0 saturated carbocycles. The van der Waals surface area contributed by atoms with E-state index in [2.05, 4.69) is 40.7 Å². The normalized spacial score (nSPS) is 13.8. The second kappa shape index (κ2) is 10.6. The first-order valence-corrected chi connectivity index (χ1v) is 11.0. The summed E-state index contributed by atoms with van der Waals surface area (Å²) in [7, 11) is 1.60. The molecule has 9 heteroatoms. The minimum absolute atomic E-state index is 0. The molecular formula is C25H27F3N5Na. The van der Waals surface area contributed by atoms with E-state index >= 15 is 0 Å². The number of aromatic nitrogens is 4. The van der Waals surface area contributed by atoms with Gasteiger partial charge in [-0.25, -0.2) is 9.97 Å². The number of aryl methyl sites for hydroxylation is 1. The quantitative estimate of drug-likeness (QED) is 0.328. The number of rotatable bonds is 2. The van der Waals surface area contributed by atoms with Crippen LogP contribution in [0.15, 0.2) is 42.7 Å². The third kappa shape index (κ3) is 5.90. The number of benzene rings is 2. The van der Waals surface area contributed by atoms with E-state index < -0.39 is 11.7 Å². The first-order valence-electron chi connectivity index (χ1n) is 11.0. The van der Waals surface area contributed by atoms with Crippen molar-refractivity contribution in [3.8, 4) is 11.4 Å². The Morgan fingerprint density at radius 3 is 2.29 bits per heavy atom. The summed E-state index contributed by atoms with van der Waals surface area (Å²) in [4.78, 5) is 11.2. The van der Waals surface area contributed by atoms with Gasteiger partial charge in [-0.3, -0.25) is 4.68 Å². The van der Waals surface area contributed by atoms with Gasteiger partial charge in [0.2, 0.25) is 0 Å². The van der Waals surface area contributed by atoms with Crippen molar-refractivity contribution in [2.24, 2.45) is 7.05 Å². The van der Waals surface area contributed by atoms with Crippen LogP contribution in [0.2, 0.25) is 0 Å². The third-order valence-electron chi connectivity index (χ3n) is 5.32. The van der Waals surface area contributed by atoms with Gasteiger partial charge in [-0.1, -0.05) is 0 Å². The summed E-state index contributed by atoms with van der Waals surface area (Å²) in [6, 6.07) is 8.68. The van der Waals surface area contributed by atoms with E-state index in [4.69, 9.17) is 0 Å². The predicted octanol–water partition coefficient (Wildman–Crippen LogP) is 3.43. The Bertz CT molecular complexity index is 1270. The number of alkyl halides is 3. The smallest absolute Gasteiger partial charge is 0.372 e. The van der Waals surface area contributed by atoms with Crippen LogP contribution in [0, 0.1) is 5.92 Å². The fraction of sp³-hybridized carbons (Fsp3) is 0.360. The summed E-state index contributed by atoms with van der Waals surface area (Å²) in [5, 5.41) is 5.24. The van der Waals surface area contributed by atoms with Gasteiger partial charge in [0.25, 0.3) is 0 Å². The van der Waals surface area contributed by atoms with Crippen LogP contribution in [0.5, 0.6) is 0 Å². The summed E-state index contributed by atoms with van der Waals surface area (Å²) in [6.07, 6.45) is 1.11. The molecule has 0 spiro atoms. The molecule has 0 amide bonds. The molecule has 0 aliphatic carbocycles. The molecule has 0 radical (unpaired) electrons. The van der Waals surface area contributed by atoms with Crippen LogP contribution in [0.25, 0.3) is 33.2 Å². The third-order valence-corrected chi connectivity index (χ3v) is 5.32. The second-order valence-electron chi connectivity index (χ2n) is 8.89. The molecule has 1 aliphatic rings. The molecule has 1 fully saturated rings. The molecule has 34 heavy (non-hydrogen) atoms. The van der Waals surface area contributed by atoms with Crippen LogP contribution >= 0.6 is 0 Å². The predicted molar refractivity (Wildman–Crippen MR) is 126 cm³/mol. The zero-order valence-electron chi connectivity index (χ0n) is 20.2. The van der Waals surface area contributed by atoms with Gasteiger partial charge < -0.3 is 10.8 Å². The van der Waals surface area contributed by atoms with Crippen molar-refractivity contribution in [2.45, 2.75) is 39.8 Å². The zero-order chi connectivity index (χ0) is 23.8. The molecule has 2 aromatic carbocycles. The average molecular weight is 478 g/mol. The number of hydrogen-bond acceptors (Lipinski definition) is 4. The van der Waals surface area contributed by atoms with Crippen molar-refractivity contribution >= 4 is 27.5 Å². The van der Waals surface area contributed by atoms with Crippen LogP contribution in [0.1, 0.15) is 39.2 Å². The fourth-order valence-corrected chi connectivity index (χ4v) is 3.93. The molecule has 4 aromatic rings. The SMILES string of the molecule is C[C-](C)C.Cn1cc2cc(-c3ncc4cc(N5CCCC5)ccc4n3)cc(C(F)(F)F)c2n1.[Na+]. The van der Waals surface area contributed by atoms with Crippen LogP contribution in [0.3, 0.4) is 0 Å². The van der Waals surface area contributed by atoms with Gasteiger partial charge in [-0.15, -0.1) is 0 Å². The molecule has 1 saturated heterocycles. The van der Waals surface area contributed by atoms with Gasteiger partial charge in [-0.05, 0) is 43.2 Å². The topological polar surface area (TPSA) is 46.8 Å². The fourth-order valence-electron chi connectivity index (χ4n) is 3.93. The van der Waals surface area contributed by atoms with E-state index in [0.29, 0.717) is 16.5 Å². The Morgan fingerprint density at radius 1 is 0.971 bits per heavy atom. The van der Waals surface area contributed by atoms with Crippen molar-refractivity contribution < 1.29 is 42.7 Å². The monoisotopic (exact) mass is 477 g/mol. The number of nitrogens with zero attached hydrogens (tertiary/aromatic N) is 5. The van der Waals surface area contributed by atoms with Crippen LogP contribution in [-0.4, -0.2) is 32.8 Å². The molecular weight excluding hydrogens is 450 g/mol. The maximum absolute atomic E-state index is 13.6. The first kappa shape index (κ1) is 26.4. The molecule has 0 unspecified atom stereocenters. The maximum atomic E-state index is 13.6. The average Bonchev–Trinajstić information content (AvgIpc) is 3.40. The summed E-state index contributed by atoms with van der Waals surface area (Å²) >= 11 is 0. The molecule has 0 bridgehead atoms. The molecule has 0 atom stereocenters. The largest absolute Gasteiger partial charge is 1.00 e. The molecule has 5 nitrogen and oxygen atoms in total. The Hall–Kier alpha value is -2.16. The van der Waals surface area contributed by atoms with Gasteiger partial charge in [0, 0.05) is 54.6 Å². The van der Waals surface area contributed by atoms with Crippen LogP contribution < -0.4 is 34.5 Å². The van der Waals surface area contributed by atoms with Crippen molar-refractivity contribution in [3.63, 3.8) is 0 Å². The summed E-state index contributed by atoms with van der Waals surface area (Å²) in [6.45, 7) is 8.32. The Labute approximate surface area is 219 Å². The number of hydrogen-bond donors (Lipinski definition) is 0. The van der Waals surface area contributed by atoms with Crippen molar-refractivity contribution in [3.05, 3.63) is 54.2 Å². The standard InChI is InChI=1S/C21H18F3N5.C4H9.Na/c1-28-12-15-8-13(10-17(19(15)27-28)21(22,23)24)20-25-11-14-9-16(4-5-18(14)26-20)29-6-2-3-7-29;1-4(2)3;/h4-5,8-12H,2-3,6-7H2,1H3;1-3H3;/q;-1;+1. The molecule has 3 heterocycles. The zero-order valence-corrected chi connectivity index (χ0v) is 22.2. The molecule has 0 N–H and O–H groups in total. The minimum atomic E-state index is -4.51. The van der Waals surface area contributed by atoms with E-state index in [1.54, 1.807) is 25.5 Å². The number of halogens is 3. The summed E-state index contributed by atoms with van der Waals surface area (Å²) < 4.78 is 42.1. The van der Waals surface area contributed by atoms with E-state index in [-0.39, 0.29) is 40.9 Å². The Balaban J connectivity index is 0.000000603. The molecule has 174 valence electrons. The summed E-state index contributed by atoms with van der Waals surface area (Å²) in [5.41, 5.74) is 1.31. The van der Waals surface area contributed by atoms with Crippen molar-refractivity contribution in [1.82, 2.24) is 19.7 Å². The van der Waals surface area contributed by atoms with Crippen molar-refractivity contribution in [2.75, 3.05) is 18.0 Å². The van der Waals surface area contributed by atoms with E-state index in [1.165, 1.54) is 23.4 Å². The first-order chi connectivity index (χ1) is 15.6. The Morgan fingerprint density at radius 2 is 1.65 bits per heavy atom. The van der Waals surface area contributed by atoms with Gasteiger partial charge in [-0.2, -0.15) is 39.0 Å². The maximum Gasteiger partial charge on any atom is 1.00 e. The Kier molecular flexibility index (Phi) is 8.26. The minimum Gasteiger partial charge on any atom is -0.372 e. The van der Waals surface area contributed by atoms with Gasteiger partial charge in [0.1, 0.15) is 5.52 Å². The van der Waals surface area contributed by atoms with Gasteiger partial charge in [0.05, 0.1) is 11.1 Å². The molecule has 1 aliphatic heterocycles. The summed E-state index contributed by atoms with van der Waals surface area (Å²) in [5.74, 6) is 1.68. The van der Waals surface area contributed by atoms with E-state index in [0.717, 1.165) is 30.2 Å². The molecule has 5 rings (SSSR count). The van der Waals surface area contributed by atoms with Gasteiger partial charge >= 0.3 is 35.7 Å². The van der Waals surface area contributed by atoms with Crippen LogP contribution in [-0.2, 0) is 13.2 Å². The van der Waals surface area contributed by atoms with Gasteiger partial charge in [0.15, 0.2) is 5.82 Å². The number of fused-ring (bicyclic) bond motifs is 2. The molecule has 2 aromatic heterocycles. The van der Waals surface area contributed by atoms with Crippen molar-refractivity contribution in [1.29, 1.82) is 0 Å². The number of anilines is 1. The second-order valence-corrected chi connectivity index (χ2v) is 8.89. The van der Waals surface area contributed by atoms with E-state index in [9.17, 15) is 13.2 Å². The van der Waals surface area contributed by atoms with E-state index in [1.807, 2.05) is 18.2 Å².